The normalized spacial score (nSPS) is 14.2. The number of likely N-dealkylation sites (tertiary alicyclic amines) is 1. The molecule has 0 unspecified atom stereocenters. The van der Waals surface area contributed by atoms with Crippen LogP contribution < -0.4 is 16.0 Å². The predicted molar refractivity (Wildman–Crippen MR) is 121 cm³/mol. The van der Waals surface area contributed by atoms with Gasteiger partial charge in [-0.15, -0.1) is 0 Å². The first-order valence-corrected chi connectivity index (χ1v) is 10.7. The molecule has 3 rings (SSSR count). The molecule has 0 saturated carbocycles. The van der Waals surface area contributed by atoms with Gasteiger partial charge in [-0.3, -0.25) is 9.69 Å². The lowest BCUT2D eigenvalue weighted by Gasteiger charge is -2.38. The standard InChI is InChI=1S/C23H29N5O4/c1-16(2)15-32-23(31)27-12-10-19(11-13-27)28(18-6-4-3-5-7-18)22(30)26-17-8-9-20(21(24)29)25-14-17/h3-9,14,16,19H,10-13,15H2,1-2H3,(H2,24,29)(H,26,30). The molecule has 1 aromatic heterocycles. The molecule has 1 aromatic carbocycles. The van der Waals surface area contributed by atoms with Crippen LogP contribution in [0.1, 0.15) is 37.2 Å². The highest BCUT2D eigenvalue weighted by Gasteiger charge is 2.31. The molecule has 0 radical (unpaired) electrons. The van der Waals surface area contributed by atoms with Gasteiger partial charge in [-0.1, -0.05) is 32.0 Å². The van der Waals surface area contributed by atoms with E-state index >= 15 is 0 Å². The van der Waals surface area contributed by atoms with Gasteiger partial charge in [0.2, 0.25) is 0 Å². The number of carbonyl (C=O) groups excluding carboxylic acids is 3. The van der Waals surface area contributed by atoms with Crippen molar-refractivity contribution in [3.8, 4) is 0 Å². The SMILES string of the molecule is CC(C)COC(=O)N1CCC(N(C(=O)Nc2ccc(C(N)=O)nc2)c2ccccc2)CC1. The van der Waals surface area contributed by atoms with E-state index in [1.807, 2.05) is 44.2 Å². The quantitative estimate of drug-likeness (QED) is 0.714. The van der Waals surface area contributed by atoms with Gasteiger partial charge in [0.05, 0.1) is 18.5 Å². The van der Waals surface area contributed by atoms with Crippen LogP contribution in [-0.4, -0.2) is 53.7 Å². The van der Waals surface area contributed by atoms with Gasteiger partial charge < -0.3 is 20.7 Å². The van der Waals surface area contributed by atoms with Gasteiger partial charge in [-0.05, 0) is 43.0 Å². The molecule has 1 saturated heterocycles. The van der Waals surface area contributed by atoms with Crippen LogP contribution in [0.2, 0.25) is 0 Å². The smallest absolute Gasteiger partial charge is 0.409 e. The lowest BCUT2D eigenvalue weighted by Crippen LogP contribution is -2.50. The summed E-state index contributed by atoms with van der Waals surface area (Å²) >= 11 is 0. The van der Waals surface area contributed by atoms with Crippen molar-refractivity contribution in [2.75, 3.05) is 29.9 Å². The van der Waals surface area contributed by atoms with Crippen LogP contribution in [0.4, 0.5) is 21.0 Å². The summed E-state index contributed by atoms with van der Waals surface area (Å²) in [6, 6.07) is 12.0. The fourth-order valence-corrected chi connectivity index (χ4v) is 3.52. The summed E-state index contributed by atoms with van der Waals surface area (Å²) in [4.78, 5) is 44.1. The zero-order chi connectivity index (χ0) is 23.1. The van der Waals surface area contributed by atoms with Gasteiger partial charge in [0.1, 0.15) is 5.69 Å². The molecule has 9 heteroatoms. The number of nitrogens with zero attached hydrogens (tertiary/aromatic N) is 3. The van der Waals surface area contributed by atoms with E-state index in [0.29, 0.717) is 38.2 Å². The second kappa shape index (κ2) is 10.6. The Labute approximate surface area is 187 Å². The Morgan fingerprint density at radius 2 is 1.84 bits per heavy atom. The number of piperidine rings is 1. The second-order valence-corrected chi connectivity index (χ2v) is 8.12. The summed E-state index contributed by atoms with van der Waals surface area (Å²) in [7, 11) is 0. The topological polar surface area (TPSA) is 118 Å². The van der Waals surface area contributed by atoms with Gasteiger partial charge in [0, 0.05) is 24.8 Å². The molecule has 9 nitrogen and oxygen atoms in total. The third-order valence-electron chi connectivity index (χ3n) is 5.15. The number of carbonyl (C=O) groups is 3. The Hall–Kier alpha value is -3.62. The van der Waals surface area contributed by atoms with Crippen LogP contribution in [0.15, 0.2) is 48.7 Å². The van der Waals surface area contributed by atoms with Gasteiger partial charge >= 0.3 is 12.1 Å². The minimum absolute atomic E-state index is 0.0931. The summed E-state index contributed by atoms with van der Waals surface area (Å²) in [5, 5.41) is 2.84. The summed E-state index contributed by atoms with van der Waals surface area (Å²) < 4.78 is 5.33. The highest BCUT2D eigenvalue weighted by atomic mass is 16.6. The Morgan fingerprint density at radius 1 is 1.16 bits per heavy atom. The molecule has 3 N–H and O–H groups in total. The number of amides is 4. The van der Waals surface area contributed by atoms with Gasteiger partial charge in [-0.2, -0.15) is 0 Å². The first-order chi connectivity index (χ1) is 15.3. The van der Waals surface area contributed by atoms with Crippen LogP contribution in [0, 0.1) is 5.92 Å². The van der Waals surface area contributed by atoms with E-state index in [1.165, 1.54) is 12.3 Å². The molecule has 1 fully saturated rings. The fraction of sp³-hybridized carbons (Fsp3) is 0.391. The molecule has 0 aliphatic carbocycles. The van der Waals surface area contributed by atoms with Crippen LogP contribution in [-0.2, 0) is 4.74 Å². The number of pyridine rings is 1. The lowest BCUT2D eigenvalue weighted by atomic mass is 10.0. The molecule has 2 aromatic rings. The summed E-state index contributed by atoms with van der Waals surface area (Å²) in [6.45, 7) is 5.39. The maximum Gasteiger partial charge on any atom is 0.409 e. The van der Waals surface area contributed by atoms with Crippen LogP contribution >= 0.6 is 0 Å². The number of aromatic nitrogens is 1. The second-order valence-electron chi connectivity index (χ2n) is 8.12. The highest BCUT2D eigenvalue weighted by Crippen LogP contribution is 2.25. The summed E-state index contributed by atoms with van der Waals surface area (Å²) in [5.74, 6) is -0.354. The zero-order valence-electron chi connectivity index (χ0n) is 18.4. The van der Waals surface area contributed by atoms with E-state index in [0.717, 1.165) is 5.69 Å². The number of ether oxygens (including phenoxy) is 1. The maximum absolute atomic E-state index is 13.2. The number of anilines is 2. The minimum Gasteiger partial charge on any atom is -0.449 e. The van der Waals surface area contributed by atoms with Crippen molar-refractivity contribution in [3.05, 3.63) is 54.4 Å². The molecule has 0 spiro atoms. The highest BCUT2D eigenvalue weighted by molar-refractivity contribution is 6.02. The van der Waals surface area contributed by atoms with E-state index in [2.05, 4.69) is 10.3 Å². The number of benzene rings is 1. The van der Waals surface area contributed by atoms with Gasteiger partial charge in [0.25, 0.3) is 5.91 Å². The Kier molecular flexibility index (Phi) is 7.64. The molecule has 2 heterocycles. The molecule has 0 bridgehead atoms. The number of para-hydroxylation sites is 1. The van der Waals surface area contributed by atoms with E-state index < -0.39 is 5.91 Å². The largest absolute Gasteiger partial charge is 0.449 e. The first-order valence-electron chi connectivity index (χ1n) is 10.7. The molecule has 170 valence electrons. The first kappa shape index (κ1) is 23.1. The maximum atomic E-state index is 13.2. The monoisotopic (exact) mass is 439 g/mol. The van der Waals surface area contributed by atoms with Crippen molar-refractivity contribution >= 4 is 29.4 Å². The third kappa shape index (κ3) is 5.96. The van der Waals surface area contributed by atoms with Gasteiger partial charge in [-0.25, -0.2) is 14.6 Å². The van der Waals surface area contributed by atoms with Crippen molar-refractivity contribution in [1.82, 2.24) is 9.88 Å². The molecule has 4 amide bonds. The average Bonchev–Trinajstić information content (AvgIpc) is 2.79. The number of urea groups is 1. The number of rotatable bonds is 6. The Balaban J connectivity index is 1.69. The predicted octanol–water partition coefficient (Wildman–Crippen LogP) is 3.48. The van der Waals surface area contributed by atoms with Crippen molar-refractivity contribution in [2.45, 2.75) is 32.7 Å². The van der Waals surface area contributed by atoms with Gasteiger partial charge in [0.15, 0.2) is 0 Å². The van der Waals surface area contributed by atoms with Crippen molar-refractivity contribution in [3.63, 3.8) is 0 Å². The molecular weight excluding hydrogens is 410 g/mol. The Morgan fingerprint density at radius 3 is 2.41 bits per heavy atom. The molecule has 1 aliphatic rings. The number of nitrogens with one attached hydrogen (secondary N) is 1. The number of hydrogen-bond acceptors (Lipinski definition) is 5. The van der Waals surface area contributed by atoms with Crippen LogP contribution in [0.5, 0.6) is 0 Å². The number of nitrogens with two attached hydrogens (primary N) is 1. The molecule has 0 atom stereocenters. The van der Waals surface area contributed by atoms with Crippen molar-refractivity contribution < 1.29 is 19.1 Å². The van der Waals surface area contributed by atoms with Crippen LogP contribution in [0.25, 0.3) is 0 Å². The zero-order valence-corrected chi connectivity index (χ0v) is 18.4. The molecule has 1 aliphatic heterocycles. The van der Waals surface area contributed by atoms with Crippen molar-refractivity contribution in [1.29, 1.82) is 0 Å². The van der Waals surface area contributed by atoms with E-state index in [9.17, 15) is 14.4 Å². The third-order valence-corrected chi connectivity index (χ3v) is 5.15. The number of hydrogen-bond donors (Lipinski definition) is 2. The van der Waals surface area contributed by atoms with E-state index in [-0.39, 0.29) is 29.8 Å². The molecule has 32 heavy (non-hydrogen) atoms. The van der Waals surface area contributed by atoms with E-state index in [4.69, 9.17) is 10.5 Å². The summed E-state index contributed by atoms with van der Waals surface area (Å²) in [5.41, 5.74) is 6.55. The van der Waals surface area contributed by atoms with Crippen LogP contribution in [0.3, 0.4) is 0 Å². The minimum atomic E-state index is -0.632. The average molecular weight is 440 g/mol. The lowest BCUT2D eigenvalue weighted by molar-refractivity contribution is 0.0836. The van der Waals surface area contributed by atoms with Crippen molar-refractivity contribution in [2.24, 2.45) is 11.7 Å². The fourth-order valence-electron chi connectivity index (χ4n) is 3.52. The molecular formula is C23H29N5O4. The summed E-state index contributed by atoms with van der Waals surface area (Å²) in [6.07, 6.45) is 2.33. The number of primary amides is 1. The Bertz CT molecular complexity index is 925. The van der Waals surface area contributed by atoms with E-state index in [1.54, 1.807) is 15.9 Å².